The van der Waals surface area contributed by atoms with Crippen LogP contribution >= 0.6 is 0 Å². The lowest BCUT2D eigenvalue weighted by atomic mass is 10.1. The molecular formula is C23H25N3O2. The Bertz CT molecular complexity index is 915. The van der Waals surface area contributed by atoms with E-state index >= 15 is 0 Å². The number of nitrogens with one attached hydrogen (secondary N) is 1. The van der Waals surface area contributed by atoms with Crippen molar-refractivity contribution < 1.29 is 9.53 Å². The lowest BCUT2D eigenvalue weighted by molar-refractivity contribution is 0.0636. The van der Waals surface area contributed by atoms with Gasteiger partial charge in [-0.1, -0.05) is 18.2 Å². The molecule has 0 heterocycles. The summed E-state index contributed by atoms with van der Waals surface area (Å²) in [4.78, 5) is 14.1. The second kappa shape index (κ2) is 8.05. The second-order valence-electron chi connectivity index (χ2n) is 7.44. The van der Waals surface area contributed by atoms with Gasteiger partial charge in [0.15, 0.2) is 0 Å². The lowest BCUT2D eigenvalue weighted by Crippen LogP contribution is -2.27. The summed E-state index contributed by atoms with van der Waals surface area (Å²) >= 11 is 0. The van der Waals surface area contributed by atoms with Crippen molar-refractivity contribution in [1.29, 1.82) is 0 Å². The maximum atomic E-state index is 12.0. The zero-order valence-corrected chi connectivity index (χ0v) is 16.3. The number of benzene rings is 3. The summed E-state index contributed by atoms with van der Waals surface area (Å²) < 4.78 is 5.30. The number of amides is 1. The minimum Gasteiger partial charge on any atom is -0.444 e. The summed E-state index contributed by atoms with van der Waals surface area (Å²) in [5.41, 5.74) is 9.68. The summed E-state index contributed by atoms with van der Waals surface area (Å²) in [6.07, 6.45) is -0.473. The van der Waals surface area contributed by atoms with Crippen molar-refractivity contribution >= 4 is 34.5 Å². The third-order valence-corrected chi connectivity index (χ3v) is 3.94. The number of nitrogens with two attached hydrogens (primary N) is 1. The van der Waals surface area contributed by atoms with E-state index in [0.29, 0.717) is 11.4 Å². The predicted octanol–water partition coefficient (Wildman–Crippen LogP) is 6.09. The maximum absolute atomic E-state index is 12.0. The van der Waals surface area contributed by atoms with Crippen LogP contribution in [0, 0.1) is 0 Å². The van der Waals surface area contributed by atoms with Crippen molar-refractivity contribution in [2.45, 2.75) is 26.4 Å². The highest BCUT2D eigenvalue weighted by Crippen LogP contribution is 2.35. The summed E-state index contributed by atoms with van der Waals surface area (Å²) in [6, 6.07) is 25.4. The van der Waals surface area contributed by atoms with Crippen LogP contribution in [0.2, 0.25) is 0 Å². The van der Waals surface area contributed by atoms with Crippen molar-refractivity contribution in [1.82, 2.24) is 0 Å². The molecule has 0 fully saturated rings. The number of carbonyl (C=O) groups is 1. The molecule has 0 radical (unpaired) electrons. The molecule has 0 aliphatic carbocycles. The van der Waals surface area contributed by atoms with Crippen molar-refractivity contribution in [2.24, 2.45) is 0 Å². The molecule has 0 unspecified atom stereocenters. The molecule has 0 saturated heterocycles. The Kier molecular flexibility index (Phi) is 5.54. The van der Waals surface area contributed by atoms with Crippen molar-refractivity contribution in [3.63, 3.8) is 0 Å². The monoisotopic (exact) mass is 375 g/mol. The van der Waals surface area contributed by atoms with E-state index in [0.717, 1.165) is 17.1 Å². The van der Waals surface area contributed by atoms with E-state index in [1.54, 1.807) is 0 Å². The van der Waals surface area contributed by atoms with Gasteiger partial charge in [0.05, 0.1) is 0 Å². The number of rotatable bonds is 4. The molecule has 0 atom stereocenters. The number of hydrogen-bond donors (Lipinski definition) is 2. The van der Waals surface area contributed by atoms with Crippen molar-refractivity contribution in [3.05, 3.63) is 78.9 Å². The SMILES string of the molecule is CC(C)(C)OC(=O)Nc1ccc(N(c2ccccc2)c2ccc(N)cc2)cc1. The van der Waals surface area contributed by atoms with Crippen LogP contribution in [0.25, 0.3) is 0 Å². The van der Waals surface area contributed by atoms with E-state index in [1.807, 2.05) is 99.6 Å². The zero-order chi connectivity index (χ0) is 20.1. The highest BCUT2D eigenvalue weighted by Gasteiger charge is 2.17. The lowest BCUT2D eigenvalue weighted by Gasteiger charge is -2.25. The number of nitrogen functional groups attached to an aromatic ring is 1. The minimum atomic E-state index is -0.538. The Morgan fingerprint density at radius 2 is 1.32 bits per heavy atom. The zero-order valence-electron chi connectivity index (χ0n) is 16.3. The van der Waals surface area contributed by atoms with E-state index in [2.05, 4.69) is 10.2 Å². The Morgan fingerprint density at radius 1 is 0.821 bits per heavy atom. The number of hydrogen-bond acceptors (Lipinski definition) is 4. The quantitative estimate of drug-likeness (QED) is 0.542. The van der Waals surface area contributed by atoms with Gasteiger partial charge in [0.25, 0.3) is 0 Å². The molecule has 3 rings (SSSR count). The number of nitrogens with zero attached hydrogens (tertiary/aromatic N) is 1. The van der Waals surface area contributed by atoms with E-state index in [1.165, 1.54) is 0 Å². The highest BCUT2D eigenvalue weighted by atomic mass is 16.6. The summed E-state index contributed by atoms with van der Waals surface area (Å²) in [5, 5.41) is 2.76. The molecule has 5 heteroatoms. The third-order valence-electron chi connectivity index (χ3n) is 3.94. The first-order valence-corrected chi connectivity index (χ1v) is 9.13. The second-order valence-corrected chi connectivity index (χ2v) is 7.44. The average Bonchev–Trinajstić information content (AvgIpc) is 2.64. The molecule has 0 saturated carbocycles. The van der Waals surface area contributed by atoms with Crippen molar-refractivity contribution in [2.75, 3.05) is 16.0 Å². The van der Waals surface area contributed by atoms with Gasteiger partial charge in [-0.05, 0) is 81.4 Å². The van der Waals surface area contributed by atoms with Crippen LogP contribution in [0.4, 0.5) is 33.2 Å². The van der Waals surface area contributed by atoms with Crippen LogP contribution in [0.5, 0.6) is 0 Å². The summed E-state index contributed by atoms with van der Waals surface area (Å²) in [5.74, 6) is 0. The van der Waals surface area contributed by atoms with Crippen LogP contribution in [-0.4, -0.2) is 11.7 Å². The standard InChI is InChI=1S/C23H25N3O2/c1-23(2,3)28-22(27)25-18-11-15-21(16-12-18)26(19-7-5-4-6-8-19)20-13-9-17(24)10-14-20/h4-16H,24H2,1-3H3,(H,25,27). The fraction of sp³-hybridized carbons (Fsp3) is 0.174. The van der Waals surface area contributed by atoms with Crippen molar-refractivity contribution in [3.8, 4) is 0 Å². The topological polar surface area (TPSA) is 67.6 Å². The van der Waals surface area contributed by atoms with Crippen LogP contribution in [-0.2, 0) is 4.74 Å². The van der Waals surface area contributed by atoms with Gasteiger partial charge in [-0.3, -0.25) is 5.32 Å². The van der Waals surface area contributed by atoms with Gasteiger partial charge in [0, 0.05) is 28.4 Å². The molecule has 3 aromatic carbocycles. The smallest absolute Gasteiger partial charge is 0.412 e. The molecule has 0 spiro atoms. The Labute approximate surface area is 165 Å². The van der Waals surface area contributed by atoms with Gasteiger partial charge >= 0.3 is 6.09 Å². The Morgan fingerprint density at radius 3 is 1.86 bits per heavy atom. The predicted molar refractivity (Wildman–Crippen MR) is 115 cm³/mol. The molecule has 0 aromatic heterocycles. The van der Waals surface area contributed by atoms with Gasteiger partial charge in [-0.15, -0.1) is 0 Å². The molecule has 1 amide bonds. The molecule has 0 aliphatic rings. The normalized spacial score (nSPS) is 11.0. The average molecular weight is 375 g/mol. The van der Waals surface area contributed by atoms with Crippen LogP contribution in [0.1, 0.15) is 20.8 Å². The van der Waals surface area contributed by atoms with Crippen LogP contribution in [0.3, 0.4) is 0 Å². The van der Waals surface area contributed by atoms with Crippen LogP contribution < -0.4 is 16.0 Å². The van der Waals surface area contributed by atoms with E-state index in [9.17, 15) is 4.79 Å². The molecule has 3 N–H and O–H groups in total. The van der Waals surface area contributed by atoms with Gasteiger partial charge in [0.1, 0.15) is 5.60 Å². The first-order chi connectivity index (χ1) is 13.3. The summed E-state index contributed by atoms with van der Waals surface area (Å²) in [6.45, 7) is 5.50. The van der Waals surface area contributed by atoms with E-state index in [-0.39, 0.29) is 0 Å². The third kappa shape index (κ3) is 5.04. The fourth-order valence-electron chi connectivity index (χ4n) is 2.76. The fourth-order valence-corrected chi connectivity index (χ4v) is 2.76. The van der Waals surface area contributed by atoms with Gasteiger partial charge in [0.2, 0.25) is 0 Å². The summed E-state index contributed by atoms with van der Waals surface area (Å²) in [7, 11) is 0. The van der Waals surface area contributed by atoms with E-state index < -0.39 is 11.7 Å². The minimum absolute atomic E-state index is 0.473. The molecule has 0 bridgehead atoms. The largest absolute Gasteiger partial charge is 0.444 e. The molecule has 5 nitrogen and oxygen atoms in total. The highest BCUT2D eigenvalue weighted by molar-refractivity contribution is 5.86. The molecule has 144 valence electrons. The van der Waals surface area contributed by atoms with Gasteiger partial charge in [-0.25, -0.2) is 4.79 Å². The first kappa shape index (κ1) is 19.3. The first-order valence-electron chi connectivity index (χ1n) is 9.13. The maximum Gasteiger partial charge on any atom is 0.412 e. The molecule has 28 heavy (non-hydrogen) atoms. The van der Waals surface area contributed by atoms with Crippen LogP contribution in [0.15, 0.2) is 78.9 Å². The van der Waals surface area contributed by atoms with E-state index in [4.69, 9.17) is 10.5 Å². The number of carbonyl (C=O) groups excluding carboxylic acids is 1. The van der Waals surface area contributed by atoms with Gasteiger partial charge < -0.3 is 15.4 Å². The number of ether oxygens (including phenoxy) is 1. The Balaban J connectivity index is 1.87. The molecule has 0 aliphatic heterocycles. The Hall–Kier alpha value is -3.47. The molecule has 3 aromatic rings. The number of para-hydroxylation sites is 1. The molecular weight excluding hydrogens is 350 g/mol. The number of anilines is 5. The van der Waals surface area contributed by atoms with Gasteiger partial charge in [-0.2, -0.15) is 0 Å².